The zero-order valence-electron chi connectivity index (χ0n) is 9.19. The number of pyridine rings is 1. The number of hydrogen-bond acceptors (Lipinski definition) is 4. The van der Waals surface area contributed by atoms with E-state index in [0.29, 0.717) is 5.69 Å². The first-order chi connectivity index (χ1) is 7.25. The first-order valence-corrected chi connectivity index (χ1v) is 5.28. The molecule has 0 aliphatic heterocycles. The molecule has 3 N–H and O–H groups in total. The van der Waals surface area contributed by atoms with Crippen molar-refractivity contribution in [2.75, 3.05) is 30.8 Å². The molecule has 0 unspecified atom stereocenters. The summed E-state index contributed by atoms with van der Waals surface area (Å²) in [5, 5.41) is 8.65. The molecule has 4 heteroatoms. The molecule has 1 aromatic rings. The number of nitrogens with two attached hydrogens (primary N) is 1. The lowest BCUT2D eigenvalue weighted by atomic mass is 10.2. The minimum Gasteiger partial charge on any atom is -0.396 e. The molecule has 1 rings (SSSR count). The van der Waals surface area contributed by atoms with Crippen molar-refractivity contribution in [3.05, 3.63) is 18.3 Å². The Kier molecular flexibility index (Phi) is 4.90. The van der Waals surface area contributed by atoms with Gasteiger partial charge in [0.05, 0.1) is 5.69 Å². The van der Waals surface area contributed by atoms with Crippen LogP contribution in [0.2, 0.25) is 0 Å². The van der Waals surface area contributed by atoms with Crippen molar-refractivity contribution < 1.29 is 5.11 Å². The van der Waals surface area contributed by atoms with Gasteiger partial charge in [0.2, 0.25) is 0 Å². The molecule has 0 radical (unpaired) electrons. The summed E-state index contributed by atoms with van der Waals surface area (Å²) in [6.07, 6.45) is 4.70. The molecule has 1 aromatic heterocycles. The molecular formula is C11H19N3O. The second kappa shape index (κ2) is 6.24. The Bertz CT molecular complexity index is 291. The fourth-order valence-corrected chi connectivity index (χ4v) is 1.47. The molecule has 0 saturated carbocycles. The topological polar surface area (TPSA) is 62.4 Å². The van der Waals surface area contributed by atoms with E-state index in [1.807, 2.05) is 24.1 Å². The lowest BCUT2D eigenvalue weighted by Crippen LogP contribution is -2.20. The Labute approximate surface area is 90.7 Å². The van der Waals surface area contributed by atoms with Crippen molar-refractivity contribution in [2.45, 2.75) is 19.3 Å². The number of aliphatic hydroxyl groups excluding tert-OH is 1. The molecule has 0 aliphatic carbocycles. The van der Waals surface area contributed by atoms with E-state index in [4.69, 9.17) is 10.8 Å². The van der Waals surface area contributed by atoms with E-state index in [0.717, 1.165) is 31.6 Å². The van der Waals surface area contributed by atoms with Gasteiger partial charge in [-0.05, 0) is 31.4 Å². The van der Waals surface area contributed by atoms with E-state index >= 15 is 0 Å². The van der Waals surface area contributed by atoms with Gasteiger partial charge in [-0.2, -0.15) is 0 Å². The van der Waals surface area contributed by atoms with Crippen molar-refractivity contribution in [3.8, 4) is 0 Å². The summed E-state index contributed by atoms with van der Waals surface area (Å²) in [7, 11) is 1.98. The maximum Gasteiger partial charge on any atom is 0.151 e. The van der Waals surface area contributed by atoms with Gasteiger partial charge >= 0.3 is 0 Å². The second-order valence-corrected chi connectivity index (χ2v) is 3.62. The fourth-order valence-electron chi connectivity index (χ4n) is 1.47. The van der Waals surface area contributed by atoms with Gasteiger partial charge in [0.1, 0.15) is 0 Å². The predicted octanol–water partition coefficient (Wildman–Crippen LogP) is 1.26. The molecule has 1 heterocycles. The number of nitrogen functional groups attached to an aromatic ring is 1. The monoisotopic (exact) mass is 209 g/mol. The minimum absolute atomic E-state index is 0.273. The molecular weight excluding hydrogens is 190 g/mol. The molecule has 0 saturated heterocycles. The fraction of sp³-hybridized carbons (Fsp3) is 0.545. The first-order valence-electron chi connectivity index (χ1n) is 5.28. The van der Waals surface area contributed by atoms with Gasteiger partial charge in [0, 0.05) is 26.4 Å². The molecule has 4 nitrogen and oxygen atoms in total. The molecule has 0 aromatic carbocycles. The number of nitrogens with zero attached hydrogens (tertiary/aromatic N) is 2. The normalized spacial score (nSPS) is 10.3. The molecule has 0 atom stereocenters. The maximum absolute atomic E-state index is 8.65. The molecule has 84 valence electrons. The number of aliphatic hydroxyl groups is 1. The van der Waals surface area contributed by atoms with Crippen LogP contribution in [0.15, 0.2) is 18.3 Å². The van der Waals surface area contributed by atoms with Gasteiger partial charge in [-0.15, -0.1) is 0 Å². The first kappa shape index (κ1) is 11.8. The van der Waals surface area contributed by atoms with Crippen molar-refractivity contribution in [2.24, 2.45) is 0 Å². The highest BCUT2D eigenvalue weighted by Gasteiger charge is 2.04. The Morgan fingerprint density at radius 3 is 2.87 bits per heavy atom. The highest BCUT2D eigenvalue weighted by atomic mass is 16.2. The van der Waals surface area contributed by atoms with Crippen LogP contribution in [0.25, 0.3) is 0 Å². The summed E-state index contributed by atoms with van der Waals surface area (Å²) < 4.78 is 0. The zero-order valence-corrected chi connectivity index (χ0v) is 9.19. The third-order valence-electron chi connectivity index (χ3n) is 2.33. The molecule has 0 bridgehead atoms. The average molecular weight is 209 g/mol. The summed E-state index contributed by atoms with van der Waals surface area (Å²) in [4.78, 5) is 6.28. The highest BCUT2D eigenvalue weighted by molar-refractivity contribution is 5.61. The van der Waals surface area contributed by atoms with Gasteiger partial charge in [-0.25, -0.2) is 4.98 Å². The number of aromatic nitrogens is 1. The standard InChI is InChI=1S/C11H19N3O/c1-14(8-3-2-4-9-15)11-10(12)6-5-7-13-11/h5-7,15H,2-4,8-9,12H2,1H3. The Morgan fingerprint density at radius 2 is 2.20 bits per heavy atom. The van der Waals surface area contributed by atoms with Crippen LogP contribution in [-0.4, -0.2) is 30.3 Å². The maximum atomic E-state index is 8.65. The summed E-state index contributed by atoms with van der Waals surface area (Å²) in [5.41, 5.74) is 6.52. The van der Waals surface area contributed by atoms with E-state index in [2.05, 4.69) is 4.98 Å². The molecule has 15 heavy (non-hydrogen) atoms. The Morgan fingerprint density at radius 1 is 1.40 bits per heavy atom. The van der Waals surface area contributed by atoms with Crippen LogP contribution in [0.5, 0.6) is 0 Å². The Balaban J connectivity index is 2.40. The van der Waals surface area contributed by atoms with Crippen molar-refractivity contribution in [1.82, 2.24) is 4.98 Å². The van der Waals surface area contributed by atoms with Gasteiger partial charge in [-0.1, -0.05) is 0 Å². The third-order valence-corrected chi connectivity index (χ3v) is 2.33. The van der Waals surface area contributed by atoms with E-state index < -0.39 is 0 Å². The lowest BCUT2D eigenvalue weighted by molar-refractivity contribution is 0.283. The zero-order chi connectivity index (χ0) is 11.1. The molecule has 0 aliphatic rings. The number of rotatable bonds is 6. The van der Waals surface area contributed by atoms with Crippen molar-refractivity contribution in [1.29, 1.82) is 0 Å². The van der Waals surface area contributed by atoms with Crippen LogP contribution in [0.4, 0.5) is 11.5 Å². The quantitative estimate of drug-likeness (QED) is 0.692. The minimum atomic E-state index is 0.273. The molecule has 0 spiro atoms. The second-order valence-electron chi connectivity index (χ2n) is 3.62. The van der Waals surface area contributed by atoms with E-state index in [1.165, 1.54) is 0 Å². The summed E-state index contributed by atoms with van der Waals surface area (Å²) in [6.45, 7) is 1.19. The third kappa shape index (κ3) is 3.75. The van der Waals surface area contributed by atoms with Crippen LogP contribution in [0, 0.1) is 0 Å². The number of anilines is 2. The van der Waals surface area contributed by atoms with Gasteiger partial charge in [-0.3, -0.25) is 0 Å². The van der Waals surface area contributed by atoms with Crippen LogP contribution in [0.1, 0.15) is 19.3 Å². The van der Waals surface area contributed by atoms with Crippen LogP contribution in [-0.2, 0) is 0 Å². The van der Waals surface area contributed by atoms with E-state index in [1.54, 1.807) is 6.20 Å². The largest absolute Gasteiger partial charge is 0.396 e. The van der Waals surface area contributed by atoms with Gasteiger partial charge in [0.25, 0.3) is 0 Å². The number of hydrogen-bond donors (Lipinski definition) is 2. The van der Waals surface area contributed by atoms with Crippen molar-refractivity contribution >= 4 is 11.5 Å². The SMILES string of the molecule is CN(CCCCCO)c1ncccc1N. The lowest BCUT2D eigenvalue weighted by Gasteiger charge is -2.19. The summed E-state index contributed by atoms with van der Waals surface area (Å²) >= 11 is 0. The van der Waals surface area contributed by atoms with Crippen LogP contribution >= 0.6 is 0 Å². The van der Waals surface area contributed by atoms with Crippen molar-refractivity contribution in [3.63, 3.8) is 0 Å². The molecule has 0 amide bonds. The average Bonchev–Trinajstić information content (AvgIpc) is 2.25. The van der Waals surface area contributed by atoms with Crippen LogP contribution < -0.4 is 10.6 Å². The summed E-state index contributed by atoms with van der Waals surface area (Å²) in [5.74, 6) is 0.835. The van der Waals surface area contributed by atoms with E-state index in [9.17, 15) is 0 Å². The highest BCUT2D eigenvalue weighted by Crippen LogP contribution is 2.17. The predicted molar refractivity (Wildman–Crippen MR) is 62.9 cm³/mol. The number of unbranched alkanes of at least 4 members (excludes halogenated alkanes) is 2. The molecule has 0 fully saturated rings. The van der Waals surface area contributed by atoms with E-state index in [-0.39, 0.29) is 6.61 Å². The van der Waals surface area contributed by atoms with Gasteiger partial charge < -0.3 is 15.7 Å². The summed E-state index contributed by atoms with van der Waals surface area (Å²) in [6, 6.07) is 3.69. The Hall–Kier alpha value is -1.29. The smallest absolute Gasteiger partial charge is 0.151 e. The van der Waals surface area contributed by atoms with Gasteiger partial charge in [0.15, 0.2) is 5.82 Å². The van der Waals surface area contributed by atoms with Crippen LogP contribution in [0.3, 0.4) is 0 Å².